The highest BCUT2D eigenvalue weighted by Crippen LogP contribution is 2.16. The summed E-state index contributed by atoms with van der Waals surface area (Å²) < 4.78 is 12.5. The Hall–Kier alpha value is -0.643. The highest BCUT2D eigenvalue weighted by Gasteiger charge is 2.29. The van der Waals surface area contributed by atoms with E-state index in [2.05, 4.69) is 72.7 Å². The molecule has 108 valence electrons. The van der Waals surface area contributed by atoms with Gasteiger partial charge >= 0.3 is 9.28 Å². The topological polar surface area (TPSA) is 18.5 Å². The third kappa shape index (κ3) is 5.89. The number of rotatable bonds is 4. The molecule has 0 amide bonds. The molecule has 1 aromatic carbocycles. The summed E-state index contributed by atoms with van der Waals surface area (Å²) in [5, 5.41) is 1.27. The van der Waals surface area contributed by atoms with Crippen LogP contribution in [0.4, 0.5) is 0 Å². The van der Waals surface area contributed by atoms with Crippen molar-refractivity contribution in [2.24, 2.45) is 0 Å². The van der Waals surface area contributed by atoms with Crippen molar-refractivity contribution < 1.29 is 8.85 Å². The summed E-state index contributed by atoms with van der Waals surface area (Å²) in [5.74, 6) is 0. The zero-order chi connectivity index (χ0) is 14.7. The molecule has 0 aliphatic heterocycles. The minimum atomic E-state index is -1.90. The fourth-order valence-electron chi connectivity index (χ4n) is 1.88. The van der Waals surface area contributed by atoms with Crippen LogP contribution in [0.25, 0.3) is 0 Å². The Morgan fingerprint density at radius 1 is 0.895 bits per heavy atom. The van der Waals surface area contributed by atoms with Crippen molar-refractivity contribution in [3.05, 3.63) is 29.8 Å². The van der Waals surface area contributed by atoms with Gasteiger partial charge in [-0.3, -0.25) is 0 Å². The smallest absolute Gasteiger partial charge is 0.356 e. The van der Waals surface area contributed by atoms with Gasteiger partial charge in [0.25, 0.3) is 0 Å². The fourth-order valence-corrected chi connectivity index (χ4v) is 4.34. The third-order valence-corrected chi connectivity index (χ3v) is 5.52. The van der Waals surface area contributed by atoms with Crippen LogP contribution in [-0.2, 0) is 15.3 Å². The SMILES string of the molecule is CCc1ccccc1[SiH](OC(C)(C)C)OC(C)(C)C. The van der Waals surface area contributed by atoms with E-state index >= 15 is 0 Å². The average Bonchev–Trinajstić information content (AvgIpc) is 2.24. The van der Waals surface area contributed by atoms with Gasteiger partial charge in [0, 0.05) is 0 Å². The minimum Gasteiger partial charge on any atom is -0.388 e. The summed E-state index contributed by atoms with van der Waals surface area (Å²) in [6.45, 7) is 14.7. The molecule has 19 heavy (non-hydrogen) atoms. The highest BCUT2D eigenvalue weighted by atomic mass is 28.3. The first-order valence-corrected chi connectivity index (χ1v) is 8.58. The Kier molecular flexibility index (Phi) is 5.36. The van der Waals surface area contributed by atoms with Crippen molar-refractivity contribution in [1.82, 2.24) is 0 Å². The predicted molar refractivity (Wildman–Crippen MR) is 84.3 cm³/mol. The van der Waals surface area contributed by atoms with Gasteiger partial charge in [-0.05, 0) is 58.7 Å². The van der Waals surface area contributed by atoms with E-state index < -0.39 is 9.28 Å². The Labute approximate surface area is 120 Å². The quantitative estimate of drug-likeness (QED) is 0.788. The molecule has 0 aromatic heterocycles. The molecule has 0 fully saturated rings. The van der Waals surface area contributed by atoms with E-state index in [1.807, 2.05) is 0 Å². The number of benzene rings is 1. The lowest BCUT2D eigenvalue weighted by Gasteiger charge is -2.32. The van der Waals surface area contributed by atoms with Gasteiger partial charge in [-0.25, -0.2) is 0 Å². The van der Waals surface area contributed by atoms with Crippen LogP contribution in [-0.4, -0.2) is 20.5 Å². The molecular weight excluding hydrogens is 252 g/mol. The van der Waals surface area contributed by atoms with E-state index in [1.165, 1.54) is 10.8 Å². The van der Waals surface area contributed by atoms with Crippen molar-refractivity contribution in [1.29, 1.82) is 0 Å². The molecule has 2 nitrogen and oxygen atoms in total. The van der Waals surface area contributed by atoms with Gasteiger partial charge in [0.2, 0.25) is 0 Å². The lowest BCUT2D eigenvalue weighted by Crippen LogP contribution is -2.48. The first-order chi connectivity index (χ1) is 8.62. The Morgan fingerprint density at radius 2 is 1.37 bits per heavy atom. The molecule has 0 saturated carbocycles. The largest absolute Gasteiger partial charge is 0.388 e. The van der Waals surface area contributed by atoms with Crippen LogP contribution in [0.5, 0.6) is 0 Å². The lowest BCUT2D eigenvalue weighted by atomic mass is 10.2. The second-order valence-electron chi connectivity index (χ2n) is 6.84. The van der Waals surface area contributed by atoms with Crippen LogP contribution in [0.2, 0.25) is 0 Å². The molecule has 0 aliphatic rings. The normalized spacial score (nSPS) is 13.1. The standard InChI is InChI=1S/C16H28O2Si/c1-8-13-11-9-10-12-14(13)19(17-15(2,3)4)18-16(5,6)7/h9-12,19H,8H2,1-7H3. The lowest BCUT2D eigenvalue weighted by molar-refractivity contribution is 0.0408. The van der Waals surface area contributed by atoms with Crippen molar-refractivity contribution in [2.75, 3.05) is 0 Å². The van der Waals surface area contributed by atoms with Crippen molar-refractivity contribution >= 4 is 14.5 Å². The molecule has 0 aliphatic carbocycles. The maximum atomic E-state index is 6.26. The van der Waals surface area contributed by atoms with Gasteiger partial charge in [-0.15, -0.1) is 0 Å². The summed E-state index contributed by atoms with van der Waals surface area (Å²) >= 11 is 0. The average molecular weight is 280 g/mol. The molecule has 0 atom stereocenters. The number of hydrogen-bond acceptors (Lipinski definition) is 2. The molecule has 1 aromatic rings. The molecule has 0 bridgehead atoms. The molecule has 0 heterocycles. The Balaban J connectivity index is 3.08. The van der Waals surface area contributed by atoms with Crippen LogP contribution < -0.4 is 5.19 Å². The molecule has 0 unspecified atom stereocenters. The highest BCUT2D eigenvalue weighted by molar-refractivity contribution is 6.62. The summed E-state index contributed by atoms with van der Waals surface area (Å²) in [7, 11) is -1.90. The second kappa shape index (κ2) is 6.20. The monoisotopic (exact) mass is 280 g/mol. The van der Waals surface area contributed by atoms with Gasteiger partial charge in [0.15, 0.2) is 0 Å². The van der Waals surface area contributed by atoms with Crippen LogP contribution in [0.1, 0.15) is 54.0 Å². The zero-order valence-electron chi connectivity index (χ0n) is 13.4. The van der Waals surface area contributed by atoms with Crippen LogP contribution in [0.15, 0.2) is 24.3 Å². The molecular formula is C16H28O2Si. The minimum absolute atomic E-state index is 0.178. The fraction of sp³-hybridized carbons (Fsp3) is 0.625. The molecule has 3 heteroatoms. The van der Waals surface area contributed by atoms with Gasteiger partial charge in [-0.1, -0.05) is 31.2 Å². The first kappa shape index (κ1) is 16.4. The van der Waals surface area contributed by atoms with Gasteiger partial charge in [0.05, 0.1) is 11.2 Å². The van der Waals surface area contributed by atoms with E-state index in [0.717, 1.165) is 6.42 Å². The van der Waals surface area contributed by atoms with Crippen molar-refractivity contribution in [3.63, 3.8) is 0 Å². The third-order valence-electron chi connectivity index (χ3n) is 2.61. The van der Waals surface area contributed by atoms with Gasteiger partial charge in [0.1, 0.15) is 0 Å². The van der Waals surface area contributed by atoms with Gasteiger partial charge < -0.3 is 8.85 Å². The first-order valence-electron chi connectivity index (χ1n) is 7.06. The molecule has 0 radical (unpaired) electrons. The number of aryl methyl sites for hydroxylation is 1. The van der Waals surface area contributed by atoms with Crippen LogP contribution >= 0.6 is 0 Å². The van der Waals surface area contributed by atoms with Gasteiger partial charge in [-0.2, -0.15) is 0 Å². The second-order valence-corrected chi connectivity index (χ2v) is 8.60. The van der Waals surface area contributed by atoms with E-state index in [-0.39, 0.29) is 11.2 Å². The number of hydrogen-bond donors (Lipinski definition) is 0. The Morgan fingerprint density at radius 3 is 1.79 bits per heavy atom. The van der Waals surface area contributed by atoms with E-state index in [1.54, 1.807) is 0 Å². The molecule has 1 rings (SSSR count). The maximum Gasteiger partial charge on any atom is 0.356 e. The predicted octanol–water partition coefficient (Wildman–Crippen LogP) is 3.31. The van der Waals surface area contributed by atoms with E-state index in [4.69, 9.17) is 8.85 Å². The maximum absolute atomic E-state index is 6.26. The zero-order valence-corrected chi connectivity index (χ0v) is 14.6. The van der Waals surface area contributed by atoms with Crippen LogP contribution in [0, 0.1) is 0 Å². The van der Waals surface area contributed by atoms with E-state index in [0.29, 0.717) is 0 Å². The van der Waals surface area contributed by atoms with Crippen molar-refractivity contribution in [3.8, 4) is 0 Å². The summed E-state index contributed by atoms with van der Waals surface area (Å²) in [4.78, 5) is 0. The molecule has 0 spiro atoms. The molecule has 0 saturated heterocycles. The molecule has 0 N–H and O–H groups in total. The van der Waals surface area contributed by atoms with Crippen molar-refractivity contribution in [2.45, 2.75) is 66.1 Å². The summed E-state index contributed by atoms with van der Waals surface area (Å²) in [6, 6.07) is 8.50. The van der Waals surface area contributed by atoms with E-state index in [9.17, 15) is 0 Å². The summed E-state index contributed by atoms with van der Waals surface area (Å²) in [5.41, 5.74) is 0.985. The summed E-state index contributed by atoms with van der Waals surface area (Å²) in [6.07, 6.45) is 1.01. The Bertz CT molecular complexity index is 386. The van der Waals surface area contributed by atoms with Crippen LogP contribution in [0.3, 0.4) is 0 Å².